The smallest absolute Gasteiger partial charge is 0.0717 e. The monoisotopic (exact) mass is 193 g/mol. The fraction of sp³-hybridized carbons (Fsp3) is 0.500. The molecule has 0 aliphatic rings. The van der Waals surface area contributed by atoms with Crippen molar-refractivity contribution >= 4 is 0 Å². The minimum absolute atomic E-state index is 0.559. The van der Waals surface area contributed by atoms with Gasteiger partial charge in [0.15, 0.2) is 0 Å². The zero-order valence-electron chi connectivity index (χ0n) is 8.78. The molecule has 1 aromatic carbocycles. The third-order valence-electron chi connectivity index (χ3n) is 2.17. The Morgan fingerprint density at radius 2 is 2.00 bits per heavy atom. The highest BCUT2D eigenvalue weighted by Crippen LogP contribution is 2.04. The first kappa shape index (κ1) is 11.2. The molecule has 1 unspecified atom stereocenters. The van der Waals surface area contributed by atoms with Crippen LogP contribution in [0.15, 0.2) is 30.3 Å². The Hall–Kier alpha value is -0.860. The van der Waals surface area contributed by atoms with Gasteiger partial charge in [0.05, 0.1) is 6.61 Å². The van der Waals surface area contributed by atoms with E-state index in [1.807, 2.05) is 18.2 Å². The van der Waals surface area contributed by atoms with E-state index in [-0.39, 0.29) is 0 Å². The maximum Gasteiger partial charge on any atom is 0.0717 e. The first-order valence-corrected chi connectivity index (χ1v) is 5.14. The summed E-state index contributed by atoms with van der Waals surface area (Å²) in [7, 11) is 0. The highest BCUT2D eigenvalue weighted by Gasteiger charge is 2.00. The van der Waals surface area contributed by atoms with E-state index in [2.05, 4.69) is 19.1 Å². The lowest BCUT2D eigenvalue weighted by Crippen LogP contribution is -2.11. The van der Waals surface area contributed by atoms with E-state index in [9.17, 15) is 0 Å². The molecule has 0 aromatic heterocycles. The Bertz CT molecular complexity index is 235. The van der Waals surface area contributed by atoms with Gasteiger partial charge in [-0.05, 0) is 24.4 Å². The highest BCUT2D eigenvalue weighted by molar-refractivity contribution is 5.13. The van der Waals surface area contributed by atoms with Gasteiger partial charge in [0.2, 0.25) is 0 Å². The van der Waals surface area contributed by atoms with Crippen LogP contribution in [0.3, 0.4) is 0 Å². The molecule has 2 heteroatoms. The van der Waals surface area contributed by atoms with Crippen LogP contribution in [-0.4, -0.2) is 13.2 Å². The van der Waals surface area contributed by atoms with Crippen LogP contribution in [0.4, 0.5) is 0 Å². The minimum atomic E-state index is 0.559. The predicted molar refractivity (Wildman–Crippen MR) is 58.9 cm³/mol. The molecule has 0 amide bonds. The molecule has 2 N–H and O–H groups in total. The molecule has 0 aliphatic heterocycles. The van der Waals surface area contributed by atoms with Gasteiger partial charge in [0.1, 0.15) is 0 Å². The Morgan fingerprint density at radius 1 is 1.29 bits per heavy atom. The van der Waals surface area contributed by atoms with Crippen molar-refractivity contribution in [2.75, 3.05) is 13.2 Å². The molecule has 0 fully saturated rings. The number of ether oxygens (including phenoxy) is 1. The normalized spacial score (nSPS) is 12.7. The molecule has 0 spiro atoms. The second-order valence-corrected chi connectivity index (χ2v) is 3.68. The third kappa shape index (κ3) is 4.40. The summed E-state index contributed by atoms with van der Waals surface area (Å²) in [5, 5.41) is 0. The molecular weight excluding hydrogens is 174 g/mol. The van der Waals surface area contributed by atoms with Crippen LogP contribution in [-0.2, 0) is 11.3 Å². The lowest BCUT2D eigenvalue weighted by Gasteiger charge is -2.10. The van der Waals surface area contributed by atoms with Crippen LogP contribution in [0.25, 0.3) is 0 Å². The lowest BCUT2D eigenvalue weighted by atomic mass is 10.1. The molecule has 2 nitrogen and oxygen atoms in total. The zero-order chi connectivity index (χ0) is 10.2. The molecular formula is C12H19NO. The number of hydrogen-bond donors (Lipinski definition) is 1. The fourth-order valence-electron chi connectivity index (χ4n) is 1.32. The first-order chi connectivity index (χ1) is 6.83. The average Bonchev–Trinajstić information content (AvgIpc) is 2.20. The number of benzene rings is 1. The van der Waals surface area contributed by atoms with Gasteiger partial charge >= 0.3 is 0 Å². The van der Waals surface area contributed by atoms with Gasteiger partial charge in [0, 0.05) is 6.61 Å². The highest BCUT2D eigenvalue weighted by atomic mass is 16.5. The van der Waals surface area contributed by atoms with Crippen LogP contribution in [0.2, 0.25) is 0 Å². The van der Waals surface area contributed by atoms with E-state index in [1.54, 1.807) is 0 Å². The van der Waals surface area contributed by atoms with Gasteiger partial charge in [-0.25, -0.2) is 0 Å². The second kappa shape index (κ2) is 6.57. The summed E-state index contributed by atoms with van der Waals surface area (Å²) < 4.78 is 5.58. The molecule has 0 saturated carbocycles. The van der Waals surface area contributed by atoms with Gasteiger partial charge in [-0.3, -0.25) is 0 Å². The third-order valence-corrected chi connectivity index (χ3v) is 2.17. The quantitative estimate of drug-likeness (QED) is 0.751. The molecule has 0 heterocycles. The standard InChI is InChI=1S/C12H19NO/c1-11(7-8-13)9-14-10-12-5-3-2-4-6-12/h2-6,11H,7-10,13H2,1H3. The first-order valence-electron chi connectivity index (χ1n) is 5.14. The van der Waals surface area contributed by atoms with Crippen molar-refractivity contribution in [2.45, 2.75) is 20.0 Å². The Balaban J connectivity index is 2.16. The molecule has 14 heavy (non-hydrogen) atoms. The van der Waals surface area contributed by atoms with E-state index in [0.717, 1.165) is 19.6 Å². The molecule has 1 atom stereocenters. The van der Waals surface area contributed by atoms with E-state index in [4.69, 9.17) is 10.5 Å². The largest absolute Gasteiger partial charge is 0.376 e. The predicted octanol–water partition coefficient (Wildman–Crippen LogP) is 2.19. The van der Waals surface area contributed by atoms with E-state index < -0.39 is 0 Å². The van der Waals surface area contributed by atoms with Crippen LogP contribution in [0.5, 0.6) is 0 Å². The molecule has 0 bridgehead atoms. The fourth-order valence-corrected chi connectivity index (χ4v) is 1.32. The lowest BCUT2D eigenvalue weighted by molar-refractivity contribution is 0.0903. The number of nitrogens with two attached hydrogens (primary N) is 1. The van der Waals surface area contributed by atoms with Gasteiger partial charge in [-0.2, -0.15) is 0 Å². The Kier molecular flexibility index (Phi) is 5.27. The van der Waals surface area contributed by atoms with Gasteiger partial charge in [0.25, 0.3) is 0 Å². The molecule has 1 aromatic rings. The van der Waals surface area contributed by atoms with Gasteiger partial charge < -0.3 is 10.5 Å². The van der Waals surface area contributed by atoms with Crippen molar-refractivity contribution in [1.82, 2.24) is 0 Å². The van der Waals surface area contributed by atoms with Crippen molar-refractivity contribution < 1.29 is 4.74 Å². The van der Waals surface area contributed by atoms with Crippen LogP contribution in [0.1, 0.15) is 18.9 Å². The van der Waals surface area contributed by atoms with Crippen LogP contribution >= 0.6 is 0 Å². The van der Waals surface area contributed by atoms with Crippen LogP contribution in [0, 0.1) is 5.92 Å². The summed E-state index contributed by atoms with van der Waals surface area (Å²) in [6, 6.07) is 10.2. The van der Waals surface area contributed by atoms with E-state index >= 15 is 0 Å². The number of rotatable bonds is 6. The van der Waals surface area contributed by atoms with Gasteiger partial charge in [-0.1, -0.05) is 37.3 Å². The second-order valence-electron chi connectivity index (χ2n) is 3.68. The summed E-state index contributed by atoms with van der Waals surface area (Å²) in [6.07, 6.45) is 1.04. The van der Waals surface area contributed by atoms with E-state index in [0.29, 0.717) is 12.5 Å². The van der Waals surface area contributed by atoms with Crippen molar-refractivity contribution in [3.63, 3.8) is 0 Å². The zero-order valence-corrected chi connectivity index (χ0v) is 8.78. The average molecular weight is 193 g/mol. The topological polar surface area (TPSA) is 35.2 Å². The number of hydrogen-bond acceptors (Lipinski definition) is 2. The molecule has 1 rings (SSSR count). The Morgan fingerprint density at radius 3 is 2.64 bits per heavy atom. The maximum absolute atomic E-state index is 5.58. The van der Waals surface area contributed by atoms with E-state index in [1.165, 1.54) is 5.56 Å². The molecule has 0 saturated heterocycles. The van der Waals surface area contributed by atoms with Crippen molar-refractivity contribution in [1.29, 1.82) is 0 Å². The molecule has 0 radical (unpaired) electrons. The van der Waals surface area contributed by atoms with Crippen molar-refractivity contribution in [2.24, 2.45) is 11.7 Å². The van der Waals surface area contributed by atoms with Crippen molar-refractivity contribution in [3.8, 4) is 0 Å². The minimum Gasteiger partial charge on any atom is -0.376 e. The Labute approximate surface area is 86.1 Å². The summed E-state index contributed by atoms with van der Waals surface area (Å²) in [5.74, 6) is 0.559. The summed E-state index contributed by atoms with van der Waals surface area (Å²) in [4.78, 5) is 0. The summed E-state index contributed by atoms with van der Waals surface area (Å²) in [5.41, 5.74) is 6.69. The maximum atomic E-state index is 5.58. The molecule has 78 valence electrons. The molecule has 0 aliphatic carbocycles. The van der Waals surface area contributed by atoms with Gasteiger partial charge in [-0.15, -0.1) is 0 Å². The summed E-state index contributed by atoms with van der Waals surface area (Å²) in [6.45, 7) is 4.41. The summed E-state index contributed by atoms with van der Waals surface area (Å²) >= 11 is 0. The SMILES string of the molecule is CC(CCN)COCc1ccccc1. The van der Waals surface area contributed by atoms with Crippen molar-refractivity contribution in [3.05, 3.63) is 35.9 Å². The van der Waals surface area contributed by atoms with Crippen LogP contribution < -0.4 is 5.73 Å².